The number of anilines is 1. The zero-order chi connectivity index (χ0) is 19.5. The predicted molar refractivity (Wildman–Crippen MR) is 110 cm³/mol. The highest BCUT2D eigenvalue weighted by Crippen LogP contribution is 2.40. The average molecular weight is 377 g/mol. The summed E-state index contributed by atoms with van der Waals surface area (Å²) in [6.45, 7) is 5.69. The maximum atomic E-state index is 12.8. The minimum Gasteiger partial charge on any atom is -0.368 e. The lowest BCUT2D eigenvalue weighted by atomic mass is 10.1. The largest absolute Gasteiger partial charge is 0.368 e. The first-order chi connectivity index (χ1) is 13.6. The quantitative estimate of drug-likeness (QED) is 0.871. The summed E-state index contributed by atoms with van der Waals surface area (Å²) in [6, 6.07) is 18.4. The smallest absolute Gasteiger partial charge is 0.226 e. The second-order valence-electron chi connectivity index (χ2n) is 7.80. The van der Waals surface area contributed by atoms with E-state index in [-0.39, 0.29) is 23.7 Å². The van der Waals surface area contributed by atoms with Crippen LogP contribution >= 0.6 is 0 Å². The number of nitrogens with zero attached hydrogens (tertiary/aromatic N) is 2. The molecule has 0 bridgehead atoms. The fourth-order valence-electron chi connectivity index (χ4n) is 3.84. The van der Waals surface area contributed by atoms with Crippen LogP contribution in [0.3, 0.4) is 0 Å². The molecule has 5 heteroatoms. The number of carbonyl (C=O) groups is 2. The Kier molecular flexibility index (Phi) is 5.33. The SMILES string of the molecule is Cc1ccc(CNC(=O)C2CC2C(=O)N2CCN(c3ccccc3)CC2)cc1. The molecule has 1 N–H and O–H groups in total. The molecule has 2 unspecified atom stereocenters. The van der Waals surface area contributed by atoms with Crippen LogP contribution in [0.15, 0.2) is 54.6 Å². The van der Waals surface area contributed by atoms with E-state index in [1.54, 1.807) is 0 Å². The van der Waals surface area contributed by atoms with Crippen molar-refractivity contribution in [3.63, 3.8) is 0 Å². The van der Waals surface area contributed by atoms with Crippen molar-refractivity contribution in [3.8, 4) is 0 Å². The molecule has 2 amide bonds. The number of hydrogen-bond acceptors (Lipinski definition) is 3. The van der Waals surface area contributed by atoms with E-state index >= 15 is 0 Å². The van der Waals surface area contributed by atoms with Crippen LogP contribution in [-0.4, -0.2) is 42.9 Å². The minimum atomic E-state index is -0.162. The van der Waals surface area contributed by atoms with Gasteiger partial charge in [0.05, 0.1) is 11.8 Å². The molecular weight excluding hydrogens is 350 g/mol. The minimum absolute atomic E-state index is 0.00171. The molecule has 28 heavy (non-hydrogen) atoms. The topological polar surface area (TPSA) is 52.7 Å². The van der Waals surface area contributed by atoms with Crippen LogP contribution in [0, 0.1) is 18.8 Å². The zero-order valence-electron chi connectivity index (χ0n) is 16.3. The van der Waals surface area contributed by atoms with Gasteiger partial charge in [-0.2, -0.15) is 0 Å². The normalized spacial score (nSPS) is 21.3. The van der Waals surface area contributed by atoms with E-state index in [9.17, 15) is 9.59 Å². The standard InChI is InChI=1S/C23H27N3O2/c1-17-7-9-18(10-8-17)16-24-22(27)20-15-21(20)23(28)26-13-11-25(12-14-26)19-5-3-2-4-6-19/h2-10,20-21H,11-16H2,1H3,(H,24,27). The second kappa shape index (κ2) is 8.05. The van der Waals surface area contributed by atoms with Crippen molar-refractivity contribution in [1.82, 2.24) is 10.2 Å². The lowest BCUT2D eigenvalue weighted by Crippen LogP contribution is -2.49. The monoisotopic (exact) mass is 377 g/mol. The molecule has 5 nitrogen and oxygen atoms in total. The van der Waals surface area contributed by atoms with E-state index < -0.39 is 0 Å². The Hall–Kier alpha value is -2.82. The van der Waals surface area contributed by atoms with Crippen LogP contribution < -0.4 is 10.2 Å². The number of benzene rings is 2. The van der Waals surface area contributed by atoms with Gasteiger partial charge < -0.3 is 15.1 Å². The second-order valence-corrected chi connectivity index (χ2v) is 7.80. The first-order valence-corrected chi connectivity index (χ1v) is 10.0. The van der Waals surface area contributed by atoms with Gasteiger partial charge in [-0.05, 0) is 31.0 Å². The van der Waals surface area contributed by atoms with Gasteiger partial charge in [0, 0.05) is 38.4 Å². The number of carbonyl (C=O) groups excluding carboxylic acids is 2. The fourth-order valence-corrected chi connectivity index (χ4v) is 3.84. The van der Waals surface area contributed by atoms with Gasteiger partial charge in [-0.25, -0.2) is 0 Å². The Morgan fingerprint density at radius 2 is 1.61 bits per heavy atom. The highest BCUT2D eigenvalue weighted by atomic mass is 16.2. The van der Waals surface area contributed by atoms with Crippen LogP contribution in [0.25, 0.3) is 0 Å². The van der Waals surface area contributed by atoms with Gasteiger partial charge in [0.15, 0.2) is 0 Å². The number of hydrogen-bond donors (Lipinski definition) is 1. The molecule has 2 aromatic rings. The number of nitrogens with one attached hydrogen (secondary N) is 1. The molecular formula is C23H27N3O2. The molecule has 146 valence electrons. The average Bonchev–Trinajstić information content (AvgIpc) is 3.54. The van der Waals surface area contributed by atoms with Crippen LogP contribution in [0.4, 0.5) is 5.69 Å². The van der Waals surface area contributed by atoms with Crippen molar-refractivity contribution in [3.05, 3.63) is 65.7 Å². The van der Waals surface area contributed by atoms with Crippen molar-refractivity contribution in [1.29, 1.82) is 0 Å². The van der Waals surface area contributed by atoms with Gasteiger partial charge in [-0.1, -0.05) is 48.0 Å². The predicted octanol–water partition coefficient (Wildman–Crippen LogP) is 2.60. The molecule has 1 saturated heterocycles. The first kappa shape index (κ1) is 18.5. The first-order valence-electron chi connectivity index (χ1n) is 10.0. The molecule has 1 saturated carbocycles. The van der Waals surface area contributed by atoms with Crippen LogP contribution in [0.5, 0.6) is 0 Å². The molecule has 2 aliphatic rings. The third-order valence-electron chi connectivity index (χ3n) is 5.74. The highest BCUT2D eigenvalue weighted by molar-refractivity contribution is 5.92. The molecule has 2 fully saturated rings. The molecule has 0 spiro atoms. The summed E-state index contributed by atoms with van der Waals surface area (Å²) in [4.78, 5) is 29.4. The van der Waals surface area contributed by atoms with Gasteiger partial charge in [0.1, 0.15) is 0 Å². The number of amides is 2. The number of rotatable bonds is 5. The van der Waals surface area contributed by atoms with Crippen molar-refractivity contribution < 1.29 is 9.59 Å². The molecule has 0 aromatic heterocycles. The number of piperazine rings is 1. The summed E-state index contributed by atoms with van der Waals surface area (Å²) >= 11 is 0. The number of para-hydroxylation sites is 1. The summed E-state index contributed by atoms with van der Waals surface area (Å²) in [5.74, 6) is -0.156. The lowest BCUT2D eigenvalue weighted by Gasteiger charge is -2.36. The Morgan fingerprint density at radius 3 is 2.29 bits per heavy atom. The van der Waals surface area contributed by atoms with Crippen LogP contribution in [0.2, 0.25) is 0 Å². The lowest BCUT2D eigenvalue weighted by molar-refractivity contribution is -0.135. The zero-order valence-corrected chi connectivity index (χ0v) is 16.3. The van der Waals surface area contributed by atoms with Crippen molar-refractivity contribution >= 4 is 17.5 Å². The molecule has 2 atom stereocenters. The third-order valence-corrected chi connectivity index (χ3v) is 5.74. The van der Waals surface area contributed by atoms with Gasteiger partial charge in [0.2, 0.25) is 11.8 Å². The van der Waals surface area contributed by atoms with Gasteiger partial charge in [-0.3, -0.25) is 9.59 Å². The summed E-state index contributed by atoms with van der Waals surface area (Å²) in [6.07, 6.45) is 0.678. The Morgan fingerprint density at radius 1 is 0.929 bits per heavy atom. The van der Waals surface area contributed by atoms with E-state index in [2.05, 4.69) is 22.3 Å². The number of aryl methyl sites for hydroxylation is 1. The van der Waals surface area contributed by atoms with Gasteiger partial charge in [-0.15, -0.1) is 0 Å². The molecule has 1 heterocycles. The van der Waals surface area contributed by atoms with E-state index in [4.69, 9.17) is 0 Å². The summed E-state index contributed by atoms with van der Waals surface area (Å²) < 4.78 is 0. The Balaban J connectivity index is 1.23. The van der Waals surface area contributed by atoms with Crippen molar-refractivity contribution in [2.45, 2.75) is 19.9 Å². The fraction of sp³-hybridized carbons (Fsp3) is 0.391. The Bertz CT molecular complexity index is 827. The van der Waals surface area contributed by atoms with E-state index in [0.29, 0.717) is 13.0 Å². The molecule has 1 aliphatic carbocycles. The summed E-state index contributed by atoms with van der Waals surface area (Å²) in [5.41, 5.74) is 3.49. The van der Waals surface area contributed by atoms with Crippen LogP contribution in [0.1, 0.15) is 17.5 Å². The maximum Gasteiger partial charge on any atom is 0.226 e. The molecule has 0 radical (unpaired) electrons. The van der Waals surface area contributed by atoms with Crippen LogP contribution in [-0.2, 0) is 16.1 Å². The molecule has 1 aliphatic heterocycles. The van der Waals surface area contributed by atoms with Gasteiger partial charge in [0.25, 0.3) is 0 Å². The highest BCUT2D eigenvalue weighted by Gasteiger charge is 2.49. The summed E-state index contributed by atoms with van der Waals surface area (Å²) in [5, 5.41) is 2.98. The van der Waals surface area contributed by atoms with Crippen molar-refractivity contribution in [2.75, 3.05) is 31.1 Å². The third kappa shape index (κ3) is 4.19. The molecule has 2 aromatic carbocycles. The van der Waals surface area contributed by atoms with E-state index in [0.717, 1.165) is 31.7 Å². The van der Waals surface area contributed by atoms with Gasteiger partial charge >= 0.3 is 0 Å². The molecule has 4 rings (SSSR count). The van der Waals surface area contributed by atoms with E-state index in [1.807, 2.05) is 54.3 Å². The Labute approximate surface area is 166 Å². The van der Waals surface area contributed by atoms with Crippen molar-refractivity contribution in [2.24, 2.45) is 11.8 Å². The summed E-state index contributed by atoms with van der Waals surface area (Å²) in [7, 11) is 0. The maximum absolute atomic E-state index is 12.8. The van der Waals surface area contributed by atoms with E-state index in [1.165, 1.54) is 11.3 Å².